The third kappa shape index (κ3) is 9.70. The van der Waals surface area contributed by atoms with Crippen molar-refractivity contribution >= 4 is 29.9 Å². The minimum atomic E-state index is -0.705. The largest absolute Gasteiger partial charge is 0.491 e. The summed E-state index contributed by atoms with van der Waals surface area (Å²) >= 11 is 0. The van der Waals surface area contributed by atoms with Crippen LogP contribution in [0.2, 0.25) is 0 Å². The quantitative estimate of drug-likeness (QED) is 0.159. The molecule has 1 unspecified atom stereocenters. The van der Waals surface area contributed by atoms with Gasteiger partial charge in [-0.3, -0.25) is 0 Å². The monoisotopic (exact) mass is 560 g/mol. The maximum absolute atomic E-state index is 10.7. The Kier molecular flexibility index (Phi) is 13.2. The van der Waals surface area contributed by atoms with Crippen molar-refractivity contribution in [1.82, 2.24) is 25.4 Å². The standard InChI is InChI=1S/C22H36N6O3.HI/c1-6-30-12-8-11-23-22(25-15-21-27-26-17(4)28(21)5)24-14-20(29)18-9-7-10-19(13-18)31-16(2)3;/h7,9-10,13,16,20,29H,6,8,11-12,14-15H2,1-5H3,(H2,23,24,25);1H. The van der Waals surface area contributed by atoms with E-state index in [2.05, 4.69) is 25.8 Å². The minimum Gasteiger partial charge on any atom is -0.491 e. The molecule has 0 spiro atoms. The van der Waals surface area contributed by atoms with Crippen LogP contribution in [0.3, 0.4) is 0 Å². The van der Waals surface area contributed by atoms with E-state index in [9.17, 15) is 5.11 Å². The second-order valence-corrected chi connectivity index (χ2v) is 7.50. The first-order valence-electron chi connectivity index (χ1n) is 10.8. The SMILES string of the molecule is CCOCCCNC(=NCc1nnc(C)n1C)NCC(O)c1cccc(OC(C)C)c1.I. The molecule has 1 aromatic heterocycles. The van der Waals surface area contributed by atoms with Crippen molar-refractivity contribution in [3.05, 3.63) is 41.5 Å². The van der Waals surface area contributed by atoms with Gasteiger partial charge in [-0.25, -0.2) is 4.99 Å². The van der Waals surface area contributed by atoms with Crippen LogP contribution in [-0.2, 0) is 18.3 Å². The highest BCUT2D eigenvalue weighted by atomic mass is 127. The molecule has 0 bridgehead atoms. The topological polar surface area (TPSA) is 106 Å². The molecule has 0 amide bonds. The van der Waals surface area contributed by atoms with Gasteiger partial charge >= 0.3 is 0 Å². The van der Waals surface area contributed by atoms with Crippen molar-refractivity contribution in [2.75, 3.05) is 26.3 Å². The first kappa shape index (κ1) is 28.1. The zero-order valence-electron chi connectivity index (χ0n) is 19.7. The van der Waals surface area contributed by atoms with Gasteiger partial charge in [0.1, 0.15) is 18.1 Å². The molecule has 32 heavy (non-hydrogen) atoms. The number of hydrogen-bond donors (Lipinski definition) is 3. The number of ether oxygens (including phenoxy) is 2. The average Bonchev–Trinajstić information content (AvgIpc) is 3.06. The Morgan fingerprint density at radius 3 is 2.69 bits per heavy atom. The first-order chi connectivity index (χ1) is 14.9. The van der Waals surface area contributed by atoms with Crippen LogP contribution in [0.25, 0.3) is 0 Å². The van der Waals surface area contributed by atoms with Gasteiger partial charge in [-0.1, -0.05) is 12.1 Å². The molecular weight excluding hydrogens is 523 g/mol. The molecule has 0 aliphatic rings. The smallest absolute Gasteiger partial charge is 0.191 e. The van der Waals surface area contributed by atoms with Crippen LogP contribution in [0.1, 0.15) is 50.5 Å². The number of aromatic nitrogens is 3. The van der Waals surface area contributed by atoms with Crippen LogP contribution < -0.4 is 15.4 Å². The van der Waals surface area contributed by atoms with Crippen LogP contribution in [0.4, 0.5) is 0 Å². The van der Waals surface area contributed by atoms with Crippen molar-refractivity contribution < 1.29 is 14.6 Å². The number of guanidine groups is 1. The van der Waals surface area contributed by atoms with Gasteiger partial charge in [-0.05, 0) is 51.8 Å². The fourth-order valence-corrected chi connectivity index (χ4v) is 2.82. The molecule has 0 radical (unpaired) electrons. The van der Waals surface area contributed by atoms with Gasteiger partial charge in [0.05, 0.1) is 12.2 Å². The molecule has 0 aliphatic heterocycles. The van der Waals surface area contributed by atoms with Crippen molar-refractivity contribution in [2.45, 2.75) is 52.9 Å². The number of benzene rings is 1. The van der Waals surface area contributed by atoms with Crippen molar-refractivity contribution in [1.29, 1.82) is 0 Å². The fourth-order valence-electron chi connectivity index (χ4n) is 2.82. The third-order valence-corrected chi connectivity index (χ3v) is 4.60. The van der Waals surface area contributed by atoms with Gasteiger partial charge in [0.15, 0.2) is 11.8 Å². The molecule has 10 heteroatoms. The Balaban J connectivity index is 0.00000512. The predicted octanol–water partition coefficient (Wildman–Crippen LogP) is 2.72. The van der Waals surface area contributed by atoms with E-state index < -0.39 is 6.10 Å². The highest BCUT2D eigenvalue weighted by molar-refractivity contribution is 14.0. The number of aliphatic imine (C=N–C) groups is 1. The summed E-state index contributed by atoms with van der Waals surface area (Å²) in [7, 11) is 1.92. The third-order valence-electron chi connectivity index (χ3n) is 4.60. The summed E-state index contributed by atoms with van der Waals surface area (Å²) in [5.74, 6) is 2.95. The number of nitrogens with one attached hydrogen (secondary N) is 2. The van der Waals surface area contributed by atoms with Crippen LogP contribution in [0.15, 0.2) is 29.3 Å². The molecule has 180 valence electrons. The summed E-state index contributed by atoms with van der Waals surface area (Å²) < 4.78 is 13.0. The van der Waals surface area contributed by atoms with Crippen LogP contribution >= 0.6 is 24.0 Å². The predicted molar refractivity (Wildman–Crippen MR) is 137 cm³/mol. The molecule has 0 fully saturated rings. The molecule has 0 saturated carbocycles. The lowest BCUT2D eigenvalue weighted by molar-refractivity contribution is 0.145. The summed E-state index contributed by atoms with van der Waals surface area (Å²) in [6, 6.07) is 7.52. The highest BCUT2D eigenvalue weighted by Crippen LogP contribution is 2.19. The van der Waals surface area contributed by atoms with Crippen molar-refractivity contribution in [3.8, 4) is 5.75 Å². The van der Waals surface area contributed by atoms with E-state index in [1.165, 1.54) is 0 Å². The van der Waals surface area contributed by atoms with E-state index in [4.69, 9.17) is 9.47 Å². The van der Waals surface area contributed by atoms with Gasteiger partial charge in [0.2, 0.25) is 0 Å². The molecular formula is C22H37IN6O3. The number of rotatable bonds is 12. The van der Waals surface area contributed by atoms with E-state index in [1.54, 1.807) is 0 Å². The summed E-state index contributed by atoms with van der Waals surface area (Å²) in [6.07, 6.45) is 0.229. The molecule has 0 saturated heterocycles. The normalized spacial score (nSPS) is 12.4. The minimum absolute atomic E-state index is 0. The van der Waals surface area contributed by atoms with Crippen LogP contribution in [-0.4, -0.2) is 58.2 Å². The Morgan fingerprint density at radius 2 is 2.03 bits per heavy atom. The first-order valence-corrected chi connectivity index (χ1v) is 10.8. The molecule has 2 aromatic rings. The van der Waals surface area contributed by atoms with Gasteiger partial charge in [0, 0.05) is 33.4 Å². The summed E-state index contributed by atoms with van der Waals surface area (Å²) in [6.45, 7) is 10.6. The number of hydrogen-bond acceptors (Lipinski definition) is 6. The molecule has 0 aliphatic carbocycles. The second kappa shape index (κ2) is 15.0. The van der Waals surface area contributed by atoms with E-state index in [1.807, 2.05) is 63.6 Å². The molecule has 1 atom stereocenters. The van der Waals surface area contributed by atoms with Gasteiger partial charge < -0.3 is 29.8 Å². The zero-order chi connectivity index (χ0) is 22.6. The number of halogens is 1. The Labute approximate surface area is 208 Å². The zero-order valence-corrected chi connectivity index (χ0v) is 22.0. The van der Waals surface area contributed by atoms with Crippen molar-refractivity contribution in [3.63, 3.8) is 0 Å². The molecule has 3 N–H and O–H groups in total. The van der Waals surface area contributed by atoms with Gasteiger partial charge in [-0.2, -0.15) is 0 Å². The lowest BCUT2D eigenvalue weighted by Gasteiger charge is -2.17. The molecule has 9 nitrogen and oxygen atoms in total. The number of aliphatic hydroxyl groups excluding tert-OH is 1. The molecule has 1 aromatic carbocycles. The van der Waals surface area contributed by atoms with E-state index >= 15 is 0 Å². The highest BCUT2D eigenvalue weighted by Gasteiger charge is 2.11. The molecule has 2 rings (SSSR count). The van der Waals surface area contributed by atoms with E-state index in [0.717, 1.165) is 29.4 Å². The molecule has 1 heterocycles. The fraction of sp³-hybridized carbons (Fsp3) is 0.591. The lowest BCUT2D eigenvalue weighted by atomic mass is 10.1. The Hall–Kier alpha value is -1.92. The van der Waals surface area contributed by atoms with E-state index in [0.29, 0.717) is 38.8 Å². The van der Waals surface area contributed by atoms with E-state index in [-0.39, 0.29) is 30.1 Å². The van der Waals surface area contributed by atoms with Crippen LogP contribution in [0.5, 0.6) is 5.75 Å². The maximum Gasteiger partial charge on any atom is 0.191 e. The second-order valence-electron chi connectivity index (χ2n) is 7.50. The summed E-state index contributed by atoms with van der Waals surface area (Å²) in [4.78, 5) is 4.60. The van der Waals surface area contributed by atoms with Crippen LogP contribution in [0, 0.1) is 6.92 Å². The van der Waals surface area contributed by atoms with Gasteiger partial charge in [-0.15, -0.1) is 34.2 Å². The summed E-state index contributed by atoms with van der Waals surface area (Å²) in [5, 5.41) is 25.4. The maximum atomic E-state index is 10.7. The Morgan fingerprint density at radius 1 is 1.25 bits per heavy atom. The Bertz CT molecular complexity index is 828. The number of nitrogens with zero attached hydrogens (tertiary/aromatic N) is 4. The van der Waals surface area contributed by atoms with Crippen molar-refractivity contribution in [2.24, 2.45) is 12.0 Å². The number of aryl methyl sites for hydroxylation is 1. The average molecular weight is 560 g/mol. The van der Waals surface area contributed by atoms with Gasteiger partial charge in [0.25, 0.3) is 0 Å². The summed E-state index contributed by atoms with van der Waals surface area (Å²) in [5.41, 5.74) is 0.783. The number of aliphatic hydroxyl groups is 1. The lowest BCUT2D eigenvalue weighted by Crippen LogP contribution is -2.40.